The molecule has 1 aliphatic heterocycles. The molecule has 0 spiro atoms. The van der Waals surface area contributed by atoms with E-state index in [2.05, 4.69) is 0 Å². The van der Waals surface area contributed by atoms with E-state index in [4.69, 9.17) is 9.47 Å². The molecule has 0 aromatic heterocycles. The van der Waals surface area contributed by atoms with Crippen molar-refractivity contribution in [2.75, 3.05) is 27.3 Å². The van der Waals surface area contributed by atoms with Gasteiger partial charge in [-0.05, 0) is 66.6 Å². The van der Waals surface area contributed by atoms with Crippen molar-refractivity contribution in [2.45, 2.75) is 11.8 Å². The first-order valence-electron chi connectivity index (χ1n) is 11.1. The number of ketones is 1. The molecule has 35 heavy (non-hydrogen) atoms. The Bertz CT molecular complexity index is 1300. The predicted octanol–water partition coefficient (Wildman–Crippen LogP) is 4.75. The molecule has 1 heterocycles. The van der Waals surface area contributed by atoms with Gasteiger partial charge in [0, 0.05) is 24.2 Å². The van der Waals surface area contributed by atoms with Gasteiger partial charge in [0.2, 0.25) is 10.0 Å². The molecule has 0 bridgehead atoms. The number of methoxy groups -OCH3 is 2. The fourth-order valence-corrected chi connectivity index (χ4v) is 5.24. The summed E-state index contributed by atoms with van der Waals surface area (Å²) < 4.78 is 38.8. The van der Waals surface area contributed by atoms with E-state index in [0.717, 1.165) is 16.7 Å². The van der Waals surface area contributed by atoms with Crippen LogP contribution >= 0.6 is 0 Å². The molecular weight excluding hydrogens is 462 g/mol. The minimum Gasteiger partial charge on any atom is -0.497 e. The Labute approximate surface area is 206 Å². The lowest BCUT2D eigenvalue weighted by molar-refractivity contribution is -0.113. The van der Waals surface area contributed by atoms with Crippen LogP contribution in [-0.4, -0.2) is 45.8 Å². The Morgan fingerprint density at radius 3 is 1.54 bits per heavy atom. The molecule has 0 radical (unpaired) electrons. The van der Waals surface area contributed by atoms with Gasteiger partial charge in [0.15, 0.2) is 5.78 Å². The van der Waals surface area contributed by atoms with Crippen molar-refractivity contribution in [1.29, 1.82) is 0 Å². The summed E-state index contributed by atoms with van der Waals surface area (Å²) in [6.45, 7) is 1.88. The van der Waals surface area contributed by atoms with Crippen molar-refractivity contribution in [3.63, 3.8) is 0 Å². The first-order chi connectivity index (χ1) is 16.8. The molecule has 0 aliphatic carbocycles. The summed E-state index contributed by atoms with van der Waals surface area (Å²) in [6, 6.07) is 21.3. The molecule has 0 amide bonds. The maximum Gasteiger partial charge on any atom is 0.243 e. The molecule has 4 rings (SSSR count). The zero-order chi connectivity index (χ0) is 25.0. The van der Waals surface area contributed by atoms with Crippen molar-refractivity contribution in [1.82, 2.24) is 4.31 Å². The topological polar surface area (TPSA) is 72.9 Å². The van der Waals surface area contributed by atoms with Gasteiger partial charge in [-0.2, -0.15) is 4.31 Å². The van der Waals surface area contributed by atoms with E-state index < -0.39 is 10.0 Å². The van der Waals surface area contributed by atoms with Crippen molar-refractivity contribution < 1.29 is 22.7 Å². The van der Waals surface area contributed by atoms with Crippen molar-refractivity contribution in [3.05, 3.63) is 101 Å². The Kier molecular flexibility index (Phi) is 7.19. The highest BCUT2D eigenvalue weighted by Gasteiger charge is 2.34. The molecule has 1 saturated heterocycles. The largest absolute Gasteiger partial charge is 0.497 e. The molecule has 3 aromatic carbocycles. The van der Waals surface area contributed by atoms with E-state index in [1.54, 1.807) is 74.9 Å². The van der Waals surface area contributed by atoms with Crippen molar-refractivity contribution >= 4 is 28.0 Å². The SMILES string of the molecule is COc1ccc(C=C2CN(S(=O)(=O)c3ccc(C)cc3)CC(=Cc3ccc(OC)cc3)C2=O)cc1. The van der Waals surface area contributed by atoms with Crippen molar-refractivity contribution in [3.8, 4) is 11.5 Å². The Hall–Kier alpha value is -3.68. The zero-order valence-corrected chi connectivity index (χ0v) is 20.7. The molecule has 0 N–H and O–H groups in total. The third kappa shape index (κ3) is 5.53. The van der Waals surface area contributed by atoms with Crippen LogP contribution in [0.15, 0.2) is 88.8 Å². The second kappa shape index (κ2) is 10.3. The number of sulfonamides is 1. The van der Waals surface area contributed by atoms with Crippen LogP contribution in [0, 0.1) is 6.92 Å². The number of hydrogen-bond acceptors (Lipinski definition) is 5. The minimum atomic E-state index is -3.81. The molecule has 0 atom stereocenters. The van der Waals surface area contributed by atoms with Crippen LogP contribution in [0.2, 0.25) is 0 Å². The number of piperidine rings is 1. The molecule has 0 unspecified atom stereocenters. The van der Waals surface area contributed by atoms with Crippen LogP contribution in [0.25, 0.3) is 12.2 Å². The smallest absolute Gasteiger partial charge is 0.243 e. The number of rotatable bonds is 6. The van der Waals surface area contributed by atoms with Gasteiger partial charge in [0.25, 0.3) is 0 Å². The molecule has 6 nitrogen and oxygen atoms in total. The van der Waals surface area contributed by atoms with Gasteiger partial charge in [0.1, 0.15) is 11.5 Å². The summed E-state index contributed by atoms with van der Waals surface area (Å²) in [5.74, 6) is 1.23. The number of hydrogen-bond donors (Lipinski definition) is 0. The van der Waals surface area contributed by atoms with Gasteiger partial charge >= 0.3 is 0 Å². The van der Waals surface area contributed by atoms with Gasteiger partial charge in [-0.1, -0.05) is 42.0 Å². The number of benzene rings is 3. The number of carbonyl (C=O) groups excluding carboxylic acids is 1. The van der Waals surface area contributed by atoms with E-state index in [0.29, 0.717) is 22.6 Å². The van der Waals surface area contributed by atoms with Crippen LogP contribution < -0.4 is 9.47 Å². The maximum absolute atomic E-state index is 13.5. The molecule has 1 fully saturated rings. The van der Waals surface area contributed by atoms with E-state index in [1.165, 1.54) is 4.31 Å². The Morgan fingerprint density at radius 1 is 0.714 bits per heavy atom. The van der Waals surface area contributed by atoms with E-state index in [-0.39, 0.29) is 23.8 Å². The molecule has 7 heteroatoms. The van der Waals surface area contributed by atoms with Gasteiger partial charge in [0.05, 0.1) is 19.1 Å². The number of ether oxygens (including phenoxy) is 2. The lowest BCUT2D eigenvalue weighted by Crippen LogP contribution is -2.41. The fourth-order valence-electron chi connectivity index (χ4n) is 3.84. The fraction of sp³-hybridized carbons (Fsp3) is 0.179. The summed E-state index contributed by atoms with van der Waals surface area (Å²) >= 11 is 0. The van der Waals surface area contributed by atoms with Crippen molar-refractivity contribution in [2.24, 2.45) is 0 Å². The number of aryl methyl sites for hydroxylation is 1. The maximum atomic E-state index is 13.5. The highest BCUT2D eigenvalue weighted by Crippen LogP contribution is 2.28. The highest BCUT2D eigenvalue weighted by atomic mass is 32.2. The Balaban J connectivity index is 1.75. The zero-order valence-electron chi connectivity index (χ0n) is 19.9. The standard InChI is InChI=1S/C28H27NO5S/c1-20-4-14-27(15-5-20)35(31,32)29-18-23(16-21-6-10-25(33-2)11-7-21)28(30)24(19-29)17-22-8-12-26(34-3)13-9-22/h4-17H,18-19H2,1-3H3. The summed E-state index contributed by atoms with van der Waals surface area (Å²) in [5, 5.41) is 0. The number of Topliss-reactive ketones (excluding diaryl/α,β-unsaturated/α-hetero) is 1. The summed E-state index contributed by atoms with van der Waals surface area (Å²) in [7, 11) is -0.644. The third-order valence-corrected chi connectivity index (χ3v) is 7.65. The second-order valence-corrected chi connectivity index (χ2v) is 10.2. The average Bonchev–Trinajstić information content (AvgIpc) is 2.87. The van der Waals surface area contributed by atoms with E-state index >= 15 is 0 Å². The van der Waals surface area contributed by atoms with Crippen LogP contribution in [0.1, 0.15) is 16.7 Å². The van der Waals surface area contributed by atoms with Gasteiger partial charge in [-0.15, -0.1) is 0 Å². The van der Waals surface area contributed by atoms with Gasteiger partial charge in [-0.25, -0.2) is 8.42 Å². The molecule has 3 aromatic rings. The van der Waals surface area contributed by atoms with E-state index in [9.17, 15) is 13.2 Å². The molecule has 180 valence electrons. The van der Waals surface area contributed by atoms with Crippen LogP contribution in [-0.2, 0) is 14.8 Å². The summed E-state index contributed by atoms with van der Waals surface area (Å²) in [5.41, 5.74) is 3.34. The summed E-state index contributed by atoms with van der Waals surface area (Å²) in [6.07, 6.45) is 3.47. The predicted molar refractivity (Wildman–Crippen MR) is 137 cm³/mol. The average molecular weight is 490 g/mol. The molecular formula is C28H27NO5S. The summed E-state index contributed by atoms with van der Waals surface area (Å²) in [4.78, 5) is 13.6. The van der Waals surface area contributed by atoms with Crippen LogP contribution in [0.4, 0.5) is 0 Å². The normalized spacial score (nSPS) is 17.1. The quantitative estimate of drug-likeness (QED) is 0.467. The Morgan fingerprint density at radius 2 is 1.14 bits per heavy atom. The van der Waals surface area contributed by atoms with Crippen LogP contribution in [0.3, 0.4) is 0 Å². The minimum absolute atomic E-state index is 0.0129. The first kappa shape index (κ1) is 24.4. The van der Waals surface area contributed by atoms with E-state index in [1.807, 2.05) is 31.2 Å². The van der Waals surface area contributed by atoms with Crippen LogP contribution in [0.5, 0.6) is 11.5 Å². The first-order valence-corrected chi connectivity index (χ1v) is 12.5. The molecule has 0 saturated carbocycles. The van der Waals surface area contributed by atoms with Gasteiger partial charge < -0.3 is 9.47 Å². The number of carbonyl (C=O) groups is 1. The lowest BCUT2D eigenvalue weighted by atomic mass is 9.95. The monoisotopic (exact) mass is 489 g/mol. The lowest BCUT2D eigenvalue weighted by Gasteiger charge is -2.29. The second-order valence-electron chi connectivity index (χ2n) is 8.30. The number of nitrogens with zero attached hydrogens (tertiary/aromatic N) is 1. The third-order valence-electron chi connectivity index (χ3n) is 5.85. The molecule has 1 aliphatic rings. The highest BCUT2D eigenvalue weighted by molar-refractivity contribution is 7.89. The van der Waals surface area contributed by atoms with Gasteiger partial charge in [-0.3, -0.25) is 4.79 Å².